The van der Waals surface area contributed by atoms with E-state index in [1.165, 1.54) is 0 Å². The fourth-order valence-electron chi connectivity index (χ4n) is 3.11. The van der Waals surface area contributed by atoms with E-state index in [9.17, 15) is 4.79 Å². The third kappa shape index (κ3) is 4.46. The second-order valence-corrected chi connectivity index (χ2v) is 16.9. The van der Waals surface area contributed by atoms with Gasteiger partial charge in [-0.05, 0) is 0 Å². The van der Waals surface area contributed by atoms with Crippen LogP contribution in [0.1, 0.15) is 25.0 Å². The summed E-state index contributed by atoms with van der Waals surface area (Å²) >= 11 is -3.66. The van der Waals surface area contributed by atoms with Crippen molar-refractivity contribution in [2.24, 2.45) is 4.99 Å². The number of fused-ring (bicyclic) bond motifs is 1. The Morgan fingerprint density at radius 1 is 1.04 bits per heavy atom. The standard InChI is InChI=1S/C17H17NO4.2C2H5.Sn/c1-22-15-9-5-8-13(16(15)19)11-18-14(17(20)21)10-12-6-3-2-4-7-12;2*1-2;/h2-9,11,14,19H,10H2,1H3,(H,20,21);2*1H2,2H3;/q;;;+2/p-2. The zero-order valence-corrected chi connectivity index (χ0v) is 18.8. The van der Waals surface area contributed by atoms with Gasteiger partial charge in [0.25, 0.3) is 0 Å². The Bertz CT molecular complexity index is 818. The molecule has 27 heavy (non-hydrogen) atoms. The first kappa shape index (κ1) is 19.7. The molecule has 0 N–H and O–H groups in total. The fraction of sp³-hybridized carbons (Fsp3) is 0.333. The van der Waals surface area contributed by atoms with Crippen LogP contribution in [-0.4, -0.2) is 44.5 Å². The van der Waals surface area contributed by atoms with Gasteiger partial charge in [0.05, 0.1) is 0 Å². The molecule has 0 fully saturated rings. The Balaban J connectivity index is 2.04. The Morgan fingerprint density at radius 3 is 2.44 bits per heavy atom. The molecule has 0 saturated carbocycles. The van der Waals surface area contributed by atoms with Crippen LogP contribution < -0.4 is 7.81 Å². The summed E-state index contributed by atoms with van der Waals surface area (Å²) in [6.07, 6.45) is 2.21. The second kappa shape index (κ2) is 8.78. The number of aliphatic imine (C=N–C) groups is 1. The SMILES string of the molecule is C[CH2][Sn]1([CH2]C)[O]C(=O)C(Cc2ccccc2)N=Cc2cccc(OC)c2[O]1. The predicted molar refractivity (Wildman–Crippen MR) is 108 cm³/mol. The molecule has 2 aromatic rings. The molecule has 0 saturated heterocycles. The molecular formula is C21H25NO4Sn. The van der Waals surface area contributed by atoms with E-state index >= 15 is 0 Å². The molecule has 0 aromatic heterocycles. The molecule has 0 radical (unpaired) electrons. The first-order chi connectivity index (χ1) is 13.1. The zero-order chi connectivity index (χ0) is 19.3. The van der Waals surface area contributed by atoms with Crippen molar-refractivity contribution in [3.8, 4) is 11.5 Å². The van der Waals surface area contributed by atoms with E-state index in [0.717, 1.165) is 20.0 Å². The van der Waals surface area contributed by atoms with Crippen molar-refractivity contribution in [2.45, 2.75) is 35.2 Å². The zero-order valence-electron chi connectivity index (χ0n) is 16.0. The first-order valence-corrected chi connectivity index (χ1v) is 15.6. The summed E-state index contributed by atoms with van der Waals surface area (Å²) in [7, 11) is 1.61. The number of para-hydroxylation sites is 1. The monoisotopic (exact) mass is 475 g/mol. The normalized spacial score (nSPS) is 18.3. The maximum absolute atomic E-state index is 13.0. The number of hydrogen-bond acceptors (Lipinski definition) is 5. The Labute approximate surface area is 165 Å². The minimum absolute atomic E-state index is 0.290. The van der Waals surface area contributed by atoms with Gasteiger partial charge in [-0.2, -0.15) is 0 Å². The van der Waals surface area contributed by atoms with E-state index in [1.807, 2.05) is 62.4 Å². The Kier molecular flexibility index (Phi) is 6.42. The Morgan fingerprint density at radius 2 is 1.78 bits per heavy atom. The molecule has 142 valence electrons. The third-order valence-corrected chi connectivity index (χ3v) is 14.2. The van der Waals surface area contributed by atoms with Crippen LogP contribution in [-0.2, 0) is 14.3 Å². The van der Waals surface area contributed by atoms with Crippen molar-refractivity contribution in [3.05, 3.63) is 59.7 Å². The molecule has 1 aliphatic rings. The second-order valence-electron chi connectivity index (χ2n) is 6.50. The molecule has 0 aliphatic carbocycles. The van der Waals surface area contributed by atoms with E-state index in [-0.39, 0.29) is 5.97 Å². The van der Waals surface area contributed by atoms with Gasteiger partial charge in [-0.25, -0.2) is 0 Å². The number of methoxy groups -OCH3 is 1. The molecule has 2 aromatic carbocycles. The van der Waals surface area contributed by atoms with E-state index < -0.39 is 25.2 Å². The van der Waals surface area contributed by atoms with Crippen molar-refractivity contribution in [1.82, 2.24) is 0 Å². The summed E-state index contributed by atoms with van der Waals surface area (Å²) < 4.78 is 19.5. The van der Waals surface area contributed by atoms with Gasteiger partial charge in [-0.15, -0.1) is 0 Å². The van der Waals surface area contributed by atoms with Gasteiger partial charge in [0.1, 0.15) is 0 Å². The first-order valence-electron chi connectivity index (χ1n) is 9.26. The number of rotatable bonds is 5. The van der Waals surface area contributed by atoms with E-state index in [0.29, 0.717) is 17.9 Å². The number of carbonyl (C=O) groups is 1. The molecule has 0 spiro atoms. The van der Waals surface area contributed by atoms with Crippen molar-refractivity contribution >= 4 is 31.4 Å². The van der Waals surface area contributed by atoms with Crippen LogP contribution in [0.15, 0.2) is 53.5 Å². The van der Waals surface area contributed by atoms with Gasteiger partial charge in [-0.3, -0.25) is 0 Å². The van der Waals surface area contributed by atoms with Crippen LogP contribution in [0.3, 0.4) is 0 Å². The molecule has 1 atom stereocenters. The van der Waals surface area contributed by atoms with E-state index in [4.69, 9.17) is 10.9 Å². The predicted octanol–water partition coefficient (Wildman–Crippen LogP) is 4.14. The molecule has 1 heterocycles. The molecule has 5 nitrogen and oxygen atoms in total. The summed E-state index contributed by atoms with van der Waals surface area (Å²) in [6, 6.07) is 15.0. The van der Waals surface area contributed by atoms with Gasteiger partial charge in [0.15, 0.2) is 0 Å². The van der Waals surface area contributed by atoms with Crippen molar-refractivity contribution in [1.29, 1.82) is 0 Å². The summed E-state index contributed by atoms with van der Waals surface area (Å²) in [6.45, 7) is 4.07. The van der Waals surface area contributed by atoms with Crippen molar-refractivity contribution < 1.29 is 15.7 Å². The van der Waals surface area contributed by atoms with Crippen molar-refractivity contribution in [2.75, 3.05) is 7.11 Å². The minimum atomic E-state index is -3.66. The molecule has 1 aliphatic heterocycles. The van der Waals surface area contributed by atoms with Crippen LogP contribution in [0.2, 0.25) is 8.87 Å². The molecular weight excluding hydrogens is 449 g/mol. The van der Waals surface area contributed by atoms with Crippen molar-refractivity contribution in [3.63, 3.8) is 0 Å². The van der Waals surface area contributed by atoms with Crippen LogP contribution in [0, 0.1) is 0 Å². The fourth-order valence-corrected chi connectivity index (χ4v) is 9.42. The Hall–Kier alpha value is -2.02. The average molecular weight is 474 g/mol. The van der Waals surface area contributed by atoms with Gasteiger partial charge < -0.3 is 0 Å². The van der Waals surface area contributed by atoms with Crippen LogP contribution in [0.5, 0.6) is 11.5 Å². The summed E-state index contributed by atoms with van der Waals surface area (Å²) in [5.41, 5.74) is 1.87. The number of hydrogen-bond donors (Lipinski definition) is 0. The van der Waals surface area contributed by atoms with Gasteiger partial charge in [0, 0.05) is 0 Å². The average Bonchev–Trinajstić information content (AvgIpc) is 2.76. The van der Waals surface area contributed by atoms with Gasteiger partial charge in [0.2, 0.25) is 0 Å². The number of benzene rings is 2. The summed E-state index contributed by atoms with van der Waals surface area (Å²) in [4.78, 5) is 17.5. The molecule has 1 unspecified atom stereocenters. The van der Waals surface area contributed by atoms with Gasteiger partial charge in [-0.1, -0.05) is 0 Å². The molecule has 0 amide bonds. The third-order valence-electron chi connectivity index (χ3n) is 4.82. The van der Waals surface area contributed by atoms with Crippen LogP contribution >= 0.6 is 0 Å². The number of carbonyl (C=O) groups excluding carboxylic acids is 1. The topological polar surface area (TPSA) is 57.1 Å². The summed E-state index contributed by atoms with van der Waals surface area (Å²) in [5.74, 6) is 0.984. The van der Waals surface area contributed by atoms with E-state index in [1.54, 1.807) is 13.3 Å². The maximum atomic E-state index is 13.0. The van der Waals surface area contributed by atoms with Crippen LogP contribution in [0.25, 0.3) is 0 Å². The molecule has 3 rings (SSSR count). The molecule has 0 bridgehead atoms. The molecule has 6 heteroatoms. The quantitative estimate of drug-likeness (QED) is 0.612. The number of nitrogens with zero attached hydrogens (tertiary/aromatic N) is 1. The van der Waals surface area contributed by atoms with Crippen LogP contribution in [0.4, 0.5) is 0 Å². The number of ether oxygens (including phenoxy) is 1. The van der Waals surface area contributed by atoms with E-state index in [2.05, 4.69) is 4.99 Å². The van der Waals surface area contributed by atoms with Gasteiger partial charge >= 0.3 is 166 Å². The summed E-state index contributed by atoms with van der Waals surface area (Å²) in [5, 5.41) is 0.